The smallest absolute Gasteiger partial charge is 0.479 e. The minimum atomic E-state index is 0. The number of benzene rings is 1. The van der Waals surface area contributed by atoms with E-state index in [1.54, 1.807) is 0 Å². The van der Waals surface area contributed by atoms with Gasteiger partial charge in [0.2, 0.25) is 0 Å². The Morgan fingerprint density at radius 1 is 0.789 bits per heavy atom. The number of nitrogens with zero attached hydrogens (tertiary/aromatic N) is 2. The van der Waals surface area contributed by atoms with E-state index in [1.165, 1.54) is 17.5 Å². The maximum absolute atomic E-state index is 8.44. The molecule has 3 aliphatic heterocycles. The average molecular weight is 559 g/mol. The van der Waals surface area contributed by atoms with Crippen molar-refractivity contribution < 1.29 is 85.3 Å². The largest absolute Gasteiger partial charge is 1.00 e. The number of rotatable bonds is 12. The Balaban J connectivity index is 0.000000274. The molecule has 0 atom stereocenters. The van der Waals surface area contributed by atoms with Crippen molar-refractivity contribution in [1.82, 2.24) is 0 Å². The molecule has 1 aromatic rings. The predicted molar refractivity (Wildman–Crippen MR) is 143 cm³/mol. The van der Waals surface area contributed by atoms with Gasteiger partial charge in [-0.2, -0.15) is 17.7 Å². The fourth-order valence-corrected chi connectivity index (χ4v) is 3.29. The molecule has 1 aromatic carbocycles. The van der Waals surface area contributed by atoms with Crippen LogP contribution in [0, 0.1) is 6.08 Å². The SMILES string of the molecule is C1CO1.OCCCC1=NCCO1.OCCOCCOCCCC1=NCCO1.[C-]1=CCCc2ccccc21.[K+]. The second kappa shape index (κ2) is 25.3. The molecule has 0 radical (unpaired) electrons. The quantitative estimate of drug-likeness (QED) is 0.158. The molecule has 0 aromatic heterocycles. The molecule has 0 saturated carbocycles. The number of aryl methyl sites for hydroxylation is 1. The molecule has 4 aliphatic rings. The molecule has 0 spiro atoms. The molecule has 2 N–H and O–H groups in total. The van der Waals surface area contributed by atoms with Gasteiger partial charge in [-0.15, -0.1) is 23.8 Å². The molecular weight excluding hydrogens is 515 g/mol. The maximum atomic E-state index is 8.44. The second-order valence-electron chi connectivity index (χ2n) is 8.28. The zero-order chi connectivity index (χ0) is 26.2. The molecule has 38 heavy (non-hydrogen) atoms. The van der Waals surface area contributed by atoms with Crippen LogP contribution >= 0.6 is 0 Å². The van der Waals surface area contributed by atoms with Gasteiger partial charge in [0, 0.05) is 26.1 Å². The van der Waals surface area contributed by atoms with Gasteiger partial charge in [0.1, 0.15) is 13.2 Å². The third kappa shape index (κ3) is 19.4. The number of aliphatic hydroxyl groups is 2. The Morgan fingerprint density at radius 2 is 1.42 bits per heavy atom. The van der Waals surface area contributed by atoms with Gasteiger partial charge in [-0.25, -0.2) is 0 Å². The number of allylic oxidation sites excluding steroid dienone is 1. The molecular formula is C28H43KN2O7. The van der Waals surface area contributed by atoms with Crippen LogP contribution in [0.2, 0.25) is 0 Å². The zero-order valence-electron chi connectivity index (χ0n) is 22.9. The summed E-state index contributed by atoms with van der Waals surface area (Å²) in [6, 6.07) is 8.44. The van der Waals surface area contributed by atoms with Crippen molar-refractivity contribution in [1.29, 1.82) is 0 Å². The number of epoxide rings is 1. The Bertz CT molecular complexity index is 800. The van der Waals surface area contributed by atoms with E-state index in [-0.39, 0.29) is 64.6 Å². The number of aliphatic hydroxyl groups excluding tert-OH is 2. The van der Waals surface area contributed by atoms with Crippen molar-refractivity contribution >= 4 is 11.8 Å². The predicted octanol–water partition coefficient (Wildman–Crippen LogP) is -0.231. The van der Waals surface area contributed by atoms with Gasteiger partial charge in [0.05, 0.1) is 52.7 Å². The van der Waals surface area contributed by atoms with Gasteiger partial charge in [-0.05, 0) is 12.8 Å². The standard InChI is InChI=1S/C10H19NO4.C10H9.C6H11NO2.C2H4O.K/c12-4-7-14-9-8-13-5-1-2-10-11-3-6-15-10;1-2-6-10-8-4-3-7-9(10)5-1;8-4-1-2-6-7-3-5-9-6;1-2-3-1;/h12H,1-9H2;1-3,5-6H,4,8H2;8H,1-5H2;1-2H2;/q;-1;;;+1. The second-order valence-corrected chi connectivity index (χ2v) is 8.28. The number of ether oxygens (including phenoxy) is 5. The summed E-state index contributed by atoms with van der Waals surface area (Å²) in [5.74, 6) is 1.67. The average Bonchev–Trinajstić information content (AvgIpc) is 3.56. The normalized spacial score (nSPS) is 15.8. The molecule has 0 unspecified atom stereocenters. The van der Waals surface area contributed by atoms with Crippen molar-refractivity contribution in [2.24, 2.45) is 9.98 Å². The van der Waals surface area contributed by atoms with Crippen molar-refractivity contribution in [2.75, 3.05) is 79.2 Å². The zero-order valence-corrected chi connectivity index (χ0v) is 26.1. The summed E-state index contributed by atoms with van der Waals surface area (Å²) in [6.07, 6.45) is 11.0. The van der Waals surface area contributed by atoms with Crippen molar-refractivity contribution in [3.63, 3.8) is 0 Å². The van der Waals surface area contributed by atoms with Gasteiger partial charge < -0.3 is 33.9 Å². The van der Waals surface area contributed by atoms with Gasteiger partial charge in [-0.3, -0.25) is 9.98 Å². The van der Waals surface area contributed by atoms with E-state index in [1.807, 2.05) is 0 Å². The van der Waals surface area contributed by atoms with E-state index < -0.39 is 0 Å². The monoisotopic (exact) mass is 558 g/mol. The van der Waals surface area contributed by atoms with Crippen molar-refractivity contribution in [2.45, 2.75) is 38.5 Å². The summed E-state index contributed by atoms with van der Waals surface area (Å²) < 4.78 is 25.2. The number of aliphatic imine (C=N–C) groups is 2. The summed E-state index contributed by atoms with van der Waals surface area (Å²) in [4.78, 5) is 8.24. The number of fused-ring (bicyclic) bond motifs is 1. The van der Waals surface area contributed by atoms with E-state index >= 15 is 0 Å². The van der Waals surface area contributed by atoms with E-state index in [0.717, 1.165) is 83.4 Å². The first-order valence-corrected chi connectivity index (χ1v) is 13.3. The number of hydrogen-bond acceptors (Lipinski definition) is 9. The van der Waals surface area contributed by atoms with Crippen molar-refractivity contribution in [3.05, 3.63) is 47.5 Å². The molecule has 208 valence electrons. The van der Waals surface area contributed by atoms with E-state index in [2.05, 4.69) is 51.1 Å². The van der Waals surface area contributed by atoms with Crippen LogP contribution in [0.15, 0.2) is 40.3 Å². The Labute approximate surface area is 270 Å². The van der Waals surface area contributed by atoms with Crippen LogP contribution in [0.5, 0.6) is 0 Å². The van der Waals surface area contributed by atoms with Gasteiger partial charge in [0.15, 0.2) is 11.8 Å². The molecule has 1 fully saturated rings. The summed E-state index contributed by atoms with van der Waals surface area (Å²) >= 11 is 0. The topological polar surface area (TPSA) is 115 Å². The van der Waals surface area contributed by atoms with Crippen LogP contribution in [0.3, 0.4) is 0 Å². The first-order chi connectivity index (χ1) is 18.3. The van der Waals surface area contributed by atoms with Gasteiger partial charge in [0.25, 0.3) is 0 Å². The number of hydrogen-bond donors (Lipinski definition) is 2. The van der Waals surface area contributed by atoms with Crippen LogP contribution in [0.25, 0.3) is 0 Å². The van der Waals surface area contributed by atoms with Crippen LogP contribution in [0.1, 0.15) is 43.2 Å². The van der Waals surface area contributed by atoms with E-state index in [9.17, 15) is 0 Å². The molecule has 0 amide bonds. The van der Waals surface area contributed by atoms with Gasteiger partial charge >= 0.3 is 51.4 Å². The Hall–Kier alpha value is -0.664. The molecule has 9 nitrogen and oxygen atoms in total. The van der Waals surface area contributed by atoms with Gasteiger partial charge in [-0.1, -0.05) is 18.9 Å². The summed E-state index contributed by atoms with van der Waals surface area (Å²) in [5.41, 5.74) is 2.71. The maximum Gasteiger partial charge on any atom is 1.00 e. The van der Waals surface area contributed by atoms with Crippen molar-refractivity contribution in [3.8, 4) is 0 Å². The van der Waals surface area contributed by atoms with E-state index in [0.29, 0.717) is 26.4 Å². The molecule has 5 rings (SSSR count). The first-order valence-electron chi connectivity index (χ1n) is 13.3. The molecule has 1 aliphatic carbocycles. The summed E-state index contributed by atoms with van der Waals surface area (Å²) in [5, 5.41) is 16.9. The minimum absolute atomic E-state index is 0. The first kappa shape index (κ1) is 35.4. The van der Waals surface area contributed by atoms with Crippen LogP contribution < -0.4 is 51.4 Å². The third-order valence-electron chi connectivity index (χ3n) is 5.17. The van der Waals surface area contributed by atoms with Crippen LogP contribution in [-0.4, -0.2) is 101 Å². The summed E-state index contributed by atoms with van der Waals surface area (Å²) in [7, 11) is 0. The Morgan fingerprint density at radius 3 is 1.97 bits per heavy atom. The third-order valence-corrected chi connectivity index (χ3v) is 5.17. The fourth-order valence-electron chi connectivity index (χ4n) is 3.29. The Kier molecular flexibility index (Phi) is 23.6. The van der Waals surface area contributed by atoms with Crippen LogP contribution in [0.4, 0.5) is 0 Å². The molecule has 1 saturated heterocycles. The minimum Gasteiger partial charge on any atom is -0.479 e. The molecule has 3 heterocycles. The fraction of sp³-hybridized carbons (Fsp3) is 0.643. The van der Waals surface area contributed by atoms with E-state index in [4.69, 9.17) is 29.2 Å². The molecule has 0 bridgehead atoms. The summed E-state index contributed by atoms with van der Waals surface area (Å²) in [6.45, 7) is 7.53. The van der Waals surface area contributed by atoms with Crippen LogP contribution in [-0.2, 0) is 30.1 Å². The molecule has 10 heteroatoms.